The summed E-state index contributed by atoms with van der Waals surface area (Å²) in [5, 5.41) is 15.4. The topological polar surface area (TPSA) is 62.8 Å². The number of hydrogen-bond donors (Lipinski definition) is 3. The third-order valence-electron chi connectivity index (χ3n) is 3.85. The predicted molar refractivity (Wildman–Crippen MR) is 108 cm³/mol. The minimum atomic E-state index is 0.174. The molecule has 0 spiro atoms. The fourth-order valence-corrected chi connectivity index (χ4v) is 3.05. The number of aliphatic hydroxyl groups excluding tert-OH is 1. The molecule has 3 N–H and O–H groups in total. The summed E-state index contributed by atoms with van der Waals surface area (Å²) in [4.78, 5) is 0. The Hall–Kier alpha value is -1.60. The van der Waals surface area contributed by atoms with Crippen molar-refractivity contribution in [2.24, 2.45) is 0 Å². The molecule has 2 rings (SSSR count). The van der Waals surface area contributed by atoms with Crippen molar-refractivity contribution in [3.8, 4) is 11.5 Å². The van der Waals surface area contributed by atoms with Gasteiger partial charge in [-0.2, -0.15) is 0 Å². The second kappa shape index (κ2) is 11.9. The normalized spacial score (nSPS) is 10.7. The summed E-state index contributed by atoms with van der Waals surface area (Å²) >= 11 is 3.54. The summed E-state index contributed by atoms with van der Waals surface area (Å²) in [7, 11) is 1.65. The first-order valence-corrected chi connectivity index (χ1v) is 9.59. The zero-order chi connectivity index (χ0) is 18.6. The number of ether oxygens (including phenoxy) is 2. The average molecular weight is 423 g/mol. The molecule has 0 aliphatic carbocycles. The van der Waals surface area contributed by atoms with Crippen LogP contribution in [0.25, 0.3) is 0 Å². The van der Waals surface area contributed by atoms with Crippen LogP contribution in [0, 0.1) is 0 Å². The first kappa shape index (κ1) is 20.7. The first-order valence-electron chi connectivity index (χ1n) is 8.80. The fourth-order valence-electron chi connectivity index (χ4n) is 2.56. The molecule has 0 aromatic heterocycles. The van der Waals surface area contributed by atoms with Crippen molar-refractivity contribution in [1.29, 1.82) is 0 Å². The van der Waals surface area contributed by atoms with Gasteiger partial charge >= 0.3 is 0 Å². The van der Waals surface area contributed by atoms with Crippen LogP contribution in [0.4, 0.5) is 0 Å². The van der Waals surface area contributed by atoms with Gasteiger partial charge in [-0.15, -0.1) is 0 Å². The Morgan fingerprint density at radius 1 is 1.04 bits per heavy atom. The Kier molecular flexibility index (Phi) is 9.48. The van der Waals surface area contributed by atoms with Gasteiger partial charge < -0.3 is 25.2 Å². The van der Waals surface area contributed by atoms with E-state index in [4.69, 9.17) is 14.6 Å². The van der Waals surface area contributed by atoms with Crippen LogP contribution in [-0.2, 0) is 13.2 Å². The lowest BCUT2D eigenvalue weighted by Gasteiger charge is -2.16. The van der Waals surface area contributed by atoms with Crippen molar-refractivity contribution >= 4 is 15.9 Å². The molecule has 0 saturated heterocycles. The second-order valence-electron chi connectivity index (χ2n) is 5.87. The lowest BCUT2D eigenvalue weighted by Crippen LogP contribution is -2.24. The van der Waals surface area contributed by atoms with E-state index in [1.165, 1.54) is 0 Å². The van der Waals surface area contributed by atoms with Crippen LogP contribution in [0.3, 0.4) is 0 Å². The molecule has 0 radical (unpaired) electrons. The molecule has 0 saturated carbocycles. The first-order chi connectivity index (χ1) is 12.7. The maximum absolute atomic E-state index is 8.75. The maximum atomic E-state index is 8.75. The number of rotatable bonds is 12. The SMILES string of the molecule is COc1cc(Br)cc(CNCCCNCCO)c1OCc1ccccc1. The molecule has 0 bridgehead atoms. The standard InChI is InChI=1S/C20H27BrN2O3/c1-25-19-13-18(21)12-17(14-23-9-5-8-22-10-11-24)20(19)26-15-16-6-3-2-4-7-16/h2-4,6-7,12-13,22-24H,5,8-11,14-15H2,1H3. The molecule has 0 unspecified atom stereocenters. The highest BCUT2D eigenvalue weighted by molar-refractivity contribution is 9.10. The van der Waals surface area contributed by atoms with Gasteiger partial charge in [-0.1, -0.05) is 46.3 Å². The van der Waals surface area contributed by atoms with E-state index >= 15 is 0 Å². The Labute approximate surface area is 163 Å². The van der Waals surface area contributed by atoms with Crippen molar-refractivity contribution in [3.63, 3.8) is 0 Å². The van der Waals surface area contributed by atoms with Gasteiger partial charge in [-0.3, -0.25) is 0 Å². The zero-order valence-corrected chi connectivity index (χ0v) is 16.7. The molecule has 142 valence electrons. The van der Waals surface area contributed by atoms with E-state index in [1.54, 1.807) is 7.11 Å². The Morgan fingerprint density at radius 3 is 2.54 bits per heavy atom. The van der Waals surface area contributed by atoms with Crippen molar-refractivity contribution in [2.45, 2.75) is 19.6 Å². The van der Waals surface area contributed by atoms with Crippen LogP contribution in [0.1, 0.15) is 17.5 Å². The largest absolute Gasteiger partial charge is 0.493 e. The number of methoxy groups -OCH3 is 1. The van der Waals surface area contributed by atoms with Crippen LogP contribution in [-0.4, -0.2) is 38.5 Å². The fraction of sp³-hybridized carbons (Fsp3) is 0.400. The minimum absolute atomic E-state index is 0.174. The van der Waals surface area contributed by atoms with Gasteiger partial charge in [-0.25, -0.2) is 0 Å². The quantitative estimate of drug-likeness (QED) is 0.458. The van der Waals surface area contributed by atoms with E-state index < -0.39 is 0 Å². The molecule has 0 fully saturated rings. The Balaban J connectivity index is 1.96. The second-order valence-corrected chi connectivity index (χ2v) is 6.79. The van der Waals surface area contributed by atoms with Crippen LogP contribution in [0.2, 0.25) is 0 Å². The summed E-state index contributed by atoms with van der Waals surface area (Å²) < 4.78 is 12.6. The average Bonchev–Trinajstić information content (AvgIpc) is 2.66. The summed E-state index contributed by atoms with van der Waals surface area (Å²) in [6, 6.07) is 14.1. The molecular weight excluding hydrogens is 396 g/mol. The molecule has 5 nitrogen and oxygen atoms in total. The predicted octanol–water partition coefficient (Wildman–Crippen LogP) is 3.10. The number of nitrogens with one attached hydrogen (secondary N) is 2. The summed E-state index contributed by atoms with van der Waals surface area (Å²) in [6.45, 7) is 3.77. The molecule has 0 aliphatic heterocycles. The highest BCUT2D eigenvalue weighted by Gasteiger charge is 2.13. The number of hydrogen-bond acceptors (Lipinski definition) is 5. The van der Waals surface area contributed by atoms with Gasteiger partial charge in [0.15, 0.2) is 11.5 Å². The Morgan fingerprint density at radius 2 is 1.81 bits per heavy atom. The smallest absolute Gasteiger partial charge is 0.166 e. The van der Waals surface area contributed by atoms with Crippen LogP contribution >= 0.6 is 15.9 Å². The molecule has 6 heteroatoms. The van der Waals surface area contributed by atoms with E-state index in [-0.39, 0.29) is 6.61 Å². The summed E-state index contributed by atoms with van der Waals surface area (Å²) in [6.07, 6.45) is 0.991. The van der Waals surface area contributed by atoms with Gasteiger partial charge in [0.05, 0.1) is 13.7 Å². The van der Waals surface area contributed by atoms with E-state index in [1.807, 2.05) is 36.4 Å². The van der Waals surface area contributed by atoms with Gasteiger partial charge in [0.1, 0.15) is 6.61 Å². The number of halogens is 1. The maximum Gasteiger partial charge on any atom is 0.166 e. The number of aliphatic hydroxyl groups is 1. The van der Waals surface area contributed by atoms with Gasteiger partial charge in [0.25, 0.3) is 0 Å². The molecule has 0 amide bonds. The molecule has 26 heavy (non-hydrogen) atoms. The monoisotopic (exact) mass is 422 g/mol. The van der Waals surface area contributed by atoms with Crippen LogP contribution in [0.15, 0.2) is 46.9 Å². The number of benzene rings is 2. The molecular formula is C20H27BrN2O3. The zero-order valence-electron chi connectivity index (χ0n) is 15.1. The summed E-state index contributed by atoms with van der Waals surface area (Å²) in [5.74, 6) is 1.49. The van der Waals surface area contributed by atoms with E-state index in [2.05, 4.69) is 32.6 Å². The molecule has 0 aliphatic rings. The van der Waals surface area contributed by atoms with E-state index in [9.17, 15) is 0 Å². The van der Waals surface area contributed by atoms with Gasteiger partial charge in [-0.05, 0) is 37.2 Å². The molecule has 2 aromatic carbocycles. The van der Waals surface area contributed by atoms with Crippen LogP contribution < -0.4 is 20.1 Å². The van der Waals surface area contributed by atoms with Crippen molar-refractivity contribution < 1.29 is 14.6 Å². The van der Waals surface area contributed by atoms with E-state index in [0.717, 1.165) is 46.6 Å². The third kappa shape index (κ3) is 6.96. The van der Waals surface area contributed by atoms with E-state index in [0.29, 0.717) is 19.7 Å². The van der Waals surface area contributed by atoms with Crippen molar-refractivity contribution in [1.82, 2.24) is 10.6 Å². The molecule has 0 atom stereocenters. The lowest BCUT2D eigenvalue weighted by molar-refractivity contribution is 0.280. The summed E-state index contributed by atoms with van der Waals surface area (Å²) in [5.41, 5.74) is 2.17. The van der Waals surface area contributed by atoms with Gasteiger partial charge in [0, 0.05) is 23.1 Å². The molecule has 0 heterocycles. The minimum Gasteiger partial charge on any atom is -0.493 e. The lowest BCUT2D eigenvalue weighted by atomic mass is 10.1. The van der Waals surface area contributed by atoms with Gasteiger partial charge in [0.2, 0.25) is 0 Å². The molecule has 2 aromatic rings. The highest BCUT2D eigenvalue weighted by atomic mass is 79.9. The van der Waals surface area contributed by atoms with Crippen LogP contribution in [0.5, 0.6) is 11.5 Å². The third-order valence-corrected chi connectivity index (χ3v) is 4.31. The van der Waals surface area contributed by atoms with Crippen molar-refractivity contribution in [3.05, 3.63) is 58.1 Å². The highest BCUT2D eigenvalue weighted by Crippen LogP contribution is 2.35. The van der Waals surface area contributed by atoms with Crippen molar-refractivity contribution in [2.75, 3.05) is 33.4 Å². The Bertz CT molecular complexity index is 653.